The molecule has 1 amide bonds. The number of hydrogen-bond acceptors (Lipinski definition) is 6. The monoisotopic (exact) mass is 340 g/mol. The molecule has 0 aliphatic heterocycles. The molecule has 0 spiro atoms. The molecule has 0 atom stereocenters. The first-order valence-electron chi connectivity index (χ1n) is 7.51. The fourth-order valence-corrected chi connectivity index (χ4v) is 2.62. The summed E-state index contributed by atoms with van der Waals surface area (Å²) in [5.41, 5.74) is 2.58. The first kappa shape index (κ1) is 16.2. The Morgan fingerprint density at radius 3 is 2.92 bits per heavy atom. The van der Waals surface area contributed by atoms with Gasteiger partial charge in [-0.15, -0.1) is 10.2 Å². The molecule has 2 aromatic heterocycles. The van der Waals surface area contributed by atoms with Crippen LogP contribution >= 0.6 is 11.8 Å². The molecule has 3 aromatic rings. The molecule has 0 unspecified atom stereocenters. The van der Waals surface area contributed by atoms with Crippen molar-refractivity contribution in [1.29, 1.82) is 0 Å². The van der Waals surface area contributed by atoms with E-state index in [4.69, 9.17) is 4.42 Å². The summed E-state index contributed by atoms with van der Waals surface area (Å²) in [6.45, 7) is 2.07. The second kappa shape index (κ2) is 7.74. The van der Waals surface area contributed by atoms with E-state index in [1.54, 1.807) is 12.3 Å². The van der Waals surface area contributed by atoms with Gasteiger partial charge in [-0.3, -0.25) is 9.78 Å². The number of thioether (sulfide) groups is 1. The predicted octanol–water partition coefficient (Wildman–Crippen LogP) is 3.42. The molecule has 6 nitrogen and oxygen atoms in total. The average Bonchev–Trinajstić information content (AvgIpc) is 3.10. The summed E-state index contributed by atoms with van der Waals surface area (Å²) in [7, 11) is 0. The van der Waals surface area contributed by atoms with Gasteiger partial charge in [0.15, 0.2) is 0 Å². The van der Waals surface area contributed by atoms with Crippen LogP contribution in [0.15, 0.2) is 58.3 Å². The van der Waals surface area contributed by atoms with E-state index in [2.05, 4.69) is 27.4 Å². The maximum atomic E-state index is 12.0. The number of carbonyl (C=O) groups is 1. The average molecular weight is 340 g/mol. The van der Waals surface area contributed by atoms with Gasteiger partial charge in [-0.2, -0.15) is 0 Å². The van der Waals surface area contributed by atoms with Crippen molar-refractivity contribution in [2.75, 3.05) is 11.1 Å². The largest absolute Gasteiger partial charge is 0.410 e. The Kier molecular flexibility index (Phi) is 5.22. The third kappa shape index (κ3) is 4.20. The first-order chi connectivity index (χ1) is 11.7. The van der Waals surface area contributed by atoms with Gasteiger partial charge in [0.2, 0.25) is 5.91 Å². The Morgan fingerprint density at radius 1 is 1.21 bits per heavy atom. The van der Waals surface area contributed by atoms with Crippen LogP contribution in [0.5, 0.6) is 0 Å². The number of benzene rings is 1. The fourth-order valence-electron chi connectivity index (χ4n) is 2.05. The van der Waals surface area contributed by atoms with Gasteiger partial charge >= 0.3 is 0 Å². The van der Waals surface area contributed by atoms with Crippen molar-refractivity contribution >= 4 is 23.4 Å². The Hall–Kier alpha value is -2.67. The number of pyridine rings is 1. The van der Waals surface area contributed by atoms with E-state index in [9.17, 15) is 4.79 Å². The minimum atomic E-state index is -0.120. The normalized spacial score (nSPS) is 10.5. The maximum absolute atomic E-state index is 12.0. The smallest absolute Gasteiger partial charge is 0.277 e. The summed E-state index contributed by atoms with van der Waals surface area (Å²) in [6, 6.07) is 13.2. The van der Waals surface area contributed by atoms with Crippen LogP contribution in [0.25, 0.3) is 11.6 Å². The van der Waals surface area contributed by atoms with Crippen LogP contribution in [0.4, 0.5) is 5.69 Å². The summed E-state index contributed by atoms with van der Waals surface area (Å²) in [5, 5.41) is 11.1. The Bertz CT molecular complexity index is 820. The van der Waals surface area contributed by atoms with E-state index in [0.29, 0.717) is 16.8 Å². The molecule has 122 valence electrons. The topological polar surface area (TPSA) is 80.9 Å². The number of anilines is 1. The highest BCUT2D eigenvalue weighted by Gasteiger charge is 2.12. The van der Waals surface area contributed by atoms with E-state index < -0.39 is 0 Å². The molecule has 7 heteroatoms. The second-order valence-electron chi connectivity index (χ2n) is 4.98. The minimum absolute atomic E-state index is 0.120. The third-order valence-electron chi connectivity index (χ3n) is 3.24. The lowest BCUT2D eigenvalue weighted by molar-refractivity contribution is -0.113. The zero-order valence-electron chi connectivity index (χ0n) is 13.1. The van der Waals surface area contributed by atoms with Crippen molar-refractivity contribution < 1.29 is 9.21 Å². The van der Waals surface area contributed by atoms with Crippen molar-refractivity contribution in [1.82, 2.24) is 15.2 Å². The van der Waals surface area contributed by atoms with E-state index in [1.807, 2.05) is 36.4 Å². The molecule has 0 radical (unpaired) electrons. The quantitative estimate of drug-likeness (QED) is 0.693. The van der Waals surface area contributed by atoms with Crippen LogP contribution in [0.1, 0.15) is 12.5 Å². The second-order valence-corrected chi connectivity index (χ2v) is 5.91. The number of hydrogen-bond donors (Lipinski definition) is 1. The van der Waals surface area contributed by atoms with E-state index >= 15 is 0 Å². The Labute approximate surface area is 143 Å². The summed E-state index contributed by atoms with van der Waals surface area (Å²) >= 11 is 1.19. The van der Waals surface area contributed by atoms with Crippen molar-refractivity contribution in [3.63, 3.8) is 0 Å². The zero-order chi connectivity index (χ0) is 16.8. The zero-order valence-corrected chi connectivity index (χ0v) is 13.9. The lowest BCUT2D eigenvalue weighted by atomic mass is 10.1. The Morgan fingerprint density at radius 2 is 2.12 bits per heavy atom. The molecule has 3 rings (SSSR count). The molecule has 0 saturated carbocycles. The lowest BCUT2D eigenvalue weighted by Crippen LogP contribution is -2.14. The molecule has 24 heavy (non-hydrogen) atoms. The maximum Gasteiger partial charge on any atom is 0.277 e. The molecule has 1 aromatic carbocycles. The third-order valence-corrected chi connectivity index (χ3v) is 4.05. The van der Waals surface area contributed by atoms with Gasteiger partial charge in [-0.05, 0) is 36.2 Å². The number of nitrogens with zero attached hydrogens (tertiary/aromatic N) is 3. The van der Waals surface area contributed by atoms with Gasteiger partial charge in [0.25, 0.3) is 11.1 Å². The highest BCUT2D eigenvalue weighted by Crippen LogP contribution is 2.21. The minimum Gasteiger partial charge on any atom is -0.410 e. The van der Waals surface area contributed by atoms with Gasteiger partial charge in [0, 0.05) is 11.9 Å². The van der Waals surface area contributed by atoms with Crippen molar-refractivity contribution in [2.45, 2.75) is 18.6 Å². The number of amides is 1. The highest BCUT2D eigenvalue weighted by molar-refractivity contribution is 7.99. The predicted molar refractivity (Wildman–Crippen MR) is 92.7 cm³/mol. The van der Waals surface area contributed by atoms with Gasteiger partial charge < -0.3 is 9.73 Å². The van der Waals surface area contributed by atoms with Crippen LogP contribution in [0, 0.1) is 0 Å². The lowest BCUT2D eigenvalue weighted by Gasteiger charge is -2.05. The summed E-state index contributed by atoms with van der Waals surface area (Å²) < 4.78 is 5.51. The summed E-state index contributed by atoms with van der Waals surface area (Å²) in [6.07, 6.45) is 2.58. The number of carbonyl (C=O) groups excluding carboxylic acids is 1. The number of nitrogens with one attached hydrogen (secondary N) is 1. The standard InChI is InChI=1S/C17H16N4O2S/c1-2-12-6-5-7-13(10-12)19-15(22)11-24-17-21-20-16(23-17)14-8-3-4-9-18-14/h3-10H,2,11H2,1H3,(H,19,22). The fraction of sp³-hybridized carbons (Fsp3) is 0.176. The molecular weight excluding hydrogens is 324 g/mol. The number of rotatable bonds is 6. The number of aryl methyl sites for hydroxylation is 1. The van der Waals surface area contributed by atoms with Crippen LogP contribution in [-0.2, 0) is 11.2 Å². The highest BCUT2D eigenvalue weighted by atomic mass is 32.2. The molecule has 0 aliphatic rings. The van der Waals surface area contributed by atoms with Crippen LogP contribution < -0.4 is 5.32 Å². The molecule has 0 fully saturated rings. The molecular formula is C17H16N4O2S. The molecule has 2 heterocycles. The number of aromatic nitrogens is 3. The molecule has 0 saturated heterocycles. The van der Waals surface area contributed by atoms with Gasteiger partial charge in [0.05, 0.1) is 5.75 Å². The molecule has 0 aliphatic carbocycles. The van der Waals surface area contributed by atoms with Crippen molar-refractivity contribution in [3.8, 4) is 11.6 Å². The van der Waals surface area contributed by atoms with E-state index in [1.165, 1.54) is 17.3 Å². The van der Waals surface area contributed by atoms with Crippen molar-refractivity contribution in [3.05, 3.63) is 54.2 Å². The van der Waals surface area contributed by atoms with E-state index in [-0.39, 0.29) is 11.7 Å². The first-order valence-corrected chi connectivity index (χ1v) is 8.49. The summed E-state index contributed by atoms with van der Waals surface area (Å²) in [5.74, 6) is 0.417. The Balaban J connectivity index is 1.56. The van der Waals surface area contributed by atoms with Gasteiger partial charge in [-0.25, -0.2) is 0 Å². The van der Waals surface area contributed by atoms with Crippen LogP contribution in [0.3, 0.4) is 0 Å². The molecule has 0 bridgehead atoms. The van der Waals surface area contributed by atoms with Gasteiger partial charge in [-0.1, -0.05) is 36.9 Å². The van der Waals surface area contributed by atoms with Crippen LogP contribution in [-0.4, -0.2) is 26.8 Å². The summed E-state index contributed by atoms with van der Waals surface area (Å²) in [4.78, 5) is 16.2. The molecule has 1 N–H and O–H groups in total. The van der Waals surface area contributed by atoms with E-state index in [0.717, 1.165) is 12.1 Å². The van der Waals surface area contributed by atoms with Crippen LogP contribution in [0.2, 0.25) is 0 Å². The SMILES string of the molecule is CCc1cccc(NC(=O)CSc2nnc(-c3ccccn3)o2)c1. The van der Waals surface area contributed by atoms with Crippen molar-refractivity contribution in [2.24, 2.45) is 0 Å². The van der Waals surface area contributed by atoms with Gasteiger partial charge in [0.1, 0.15) is 5.69 Å².